The van der Waals surface area contributed by atoms with Crippen LogP contribution in [0.1, 0.15) is 13.8 Å². The van der Waals surface area contributed by atoms with E-state index in [1.807, 2.05) is 56.3 Å². The van der Waals surface area contributed by atoms with Crippen molar-refractivity contribution in [1.29, 1.82) is 0 Å². The molecule has 0 N–H and O–H groups in total. The topological polar surface area (TPSA) is 45.1 Å². The molecule has 2 rings (SSSR count). The van der Waals surface area contributed by atoms with Gasteiger partial charge in [-0.05, 0) is 38.1 Å². The minimum absolute atomic E-state index is 0.0156. The Morgan fingerprint density at radius 3 is 2.77 bits per heavy atom. The van der Waals surface area contributed by atoms with Crippen molar-refractivity contribution < 1.29 is 9.53 Å². The third kappa shape index (κ3) is 3.75. The van der Waals surface area contributed by atoms with E-state index in [1.54, 1.807) is 29.4 Å². The van der Waals surface area contributed by atoms with Crippen molar-refractivity contribution in [3.05, 3.63) is 48.7 Å². The number of nitrogens with zero attached hydrogens (tertiary/aromatic N) is 3. The number of anilines is 1. The van der Waals surface area contributed by atoms with Crippen LogP contribution in [0.15, 0.2) is 53.8 Å². The van der Waals surface area contributed by atoms with Crippen molar-refractivity contribution in [2.75, 3.05) is 18.6 Å². The lowest BCUT2D eigenvalue weighted by Gasteiger charge is -2.29. The maximum atomic E-state index is 12.7. The van der Waals surface area contributed by atoms with Gasteiger partial charge in [0, 0.05) is 18.5 Å². The lowest BCUT2D eigenvalue weighted by atomic mass is 10.2. The Morgan fingerprint density at radius 1 is 1.27 bits per heavy atom. The molecule has 1 aromatic carbocycles. The van der Waals surface area contributed by atoms with Crippen LogP contribution in [0.5, 0.6) is 5.75 Å². The van der Waals surface area contributed by atoms with Crippen LogP contribution in [0, 0.1) is 0 Å². The highest BCUT2D eigenvalue weighted by Gasteiger charge is 2.23. The molecule has 0 spiro atoms. The van der Waals surface area contributed by atoms with Crippen molar-refractivity contribution in [1.82, 2.24) is 5.01 Å². The number of hydrogen-bond acceptors (Lipinski definition) is 4. The monoisotopic (exact) mass is 299 g/mol. The van der Waals surface area contributed by atoms with E-state index in [2.05, 4.69) is 5.10 Å². The lowest BCUT2D eigenvalue weighted by molar-refractivity contribution is -0.119. The van der Waals surface area contributed by atoms with E-state index in [0.717, 1.165) is 5.69 Å². The predicted octanol–water partition coefficient (Wildman–Crippen LogP) is 2.81. The third-order valence-electron chi connectivity index (χ3n) is 3.21. The van der Waals surface area contributed by atoms with Gasteiger partial charge in [0.2, 0.25) is 5.91 Å². The molecule has 0 radical (unpaired) electrons. The molecule has 0 aliphatic carbocycles. The summed E-state index contributed by atoms with van der Waals surface area (Å²) in [5.74, 6) is 0.643. The van der Waals surface area contributed by atoms with Crippen molar-refractivity contribution in [3.63, 3.8) is 0 Å². The standard InChI is InChI=1S/C17H21N3O2/c1-14(2)20(15-9-5-6-10-16(15)22-3)17(21)13-19-12-8-4-7-11-18-19/h4-12,14H,13H2,1-3H3. The number of hydrazone groups is 1. The van der Waals surface area contributed by atoms with Gasteiger partial charge in [-0.3, -0.25) is 9.80 Å². The average molecular weight is 299 g/mol. The lowest BCUT2D eigenvalue weighted by Crippen LogP contribution is -2.42. The molecule has 1 aromatic rings. The van der Waals surface area contributed by atoms with E-state index >= 15 is 0 Å². The molecule has 1 amide bonds. The molecular weight excluding hydrogens is 278 g/mol. The Hall–Kier alpha value is -2.56. The first-order valence-corrected chi connectivity index (χ1v) is 7.22. The molecule has 22 heavy (non-hydrogen) atoms. The number of benzene rings is 1. The first-order valence-electron chi connectivity index (χ1n) is 7.22. The maximum Gasteiger partial charge on any atom is 0.249 e. The predicted molar refractivity (Wildman–Crippen MR) is 89.1 cm³/mol. The second-order valence-corrected chi connectivity index (χ2v) is 5.12. The van der Waals surface area contributed by atoms with Crippen molar-refractivity contribution >= 4 is 17.8 Å². The first kappa shape index (κ1) is 15.8. The molecule has 0 saturated carbocycles. The second-order valence-electron chi connectivity index (χ2n) is 5.12. The van der Waals surface area contributed by atoms with Crippen LogP contribution in [-0.4, -0.2) is 36.8 Å². The number of para-hydroxylation sites is 2. The summed E-state index contributed by atoms with van der Waals surface area (Å²) < 4.78 is 5.38. The SMILES string of the molecule is COc1ccccc1N(C(=O)CN1C=CC=CC=N1)C(C)C. The van der Waals surface area contributed by atoms with E-state index < -0.39 is 0 Å². The summed E-state index contributed by atoms with van der Waals surface area (Å²) in [5, 5.41) is 5.82. The zero-order valence-corrected chi connectivity index (χ0v) is 13.1. The molecule has 0 saturated heterocycles. The molecule has 0 bridgehead atoms. The molecule has 116 valence electrons. The summed E-state index contributed by atoms with van der Waals surface area (Å²) in [6.07, 6.45) is 8.98. The van der Waals surface area contributed by atoms with Crippen LogP contribution in [-0.2, 0) is 4.79 Å². The van der Waals surface area contributed by atoms with Gasteiger partial charge in [0.25, 0.3) is 0 Å². The van der Waals surface area contributed by atoms with Crippen molar-refractivity contribution in [2.24, 2.45) is 5.10 Å². The van der Waals surface area contributed by atoms with Gasteiger partial charge < -0.3 is 9.64 Å². The van der Waals surface area contributed by atoms with Gasteiger partial charge in [-0.2, -0.15) is 5.10 Å². The van der Waals surface area contributed by atoms with Crippen molar-refractivity contribution in [2.45, 2.75) is 19.9 Å². The number of carbonyl (C=O) groups is 1. The highest BCUT2D eigenvalue weighted by atomic mass is 16.5. The fraction of sp³-hybridized carbons (Fsp3) is 0.294. The Kier molecular flexibility index (Phi) is 5.36. The molecule has 0 aromatic heterocycles. The van der Waals surface area contributed by atoms with Crippen LogP contribution in [0.3, 0.4) is 0 Å². The quantitative estimate of drug-likeness (QED) is 0.840. The van der Waals surface area contributed by atoms with E-state index in [4.69, 9.17) is 4.74 Å². The summed E-state index contributed by atoms with van der Waals surface area (Å²) in [7, 11) is 1.61. The second kappa shape index (κ2) is 7.45. The molecule has 1 aliphatic rings. The van der Waals surface area contributed by atoms with Gasteiger partial charge in [0.15, 0.2) is 0 Å². The minimum atomic E-state index is -0.0387. The number of methoxy groups -OCH3 is 1. The maximum absolute atomic E-state index is 12.7. The molecule has 0 fully saturated rings. The summed E-state index contributed by atoms with van der Waals surface area (Å²) in [6, 6.07) is 7.54. The summed E-state index contributed by atoms with van der Waals surface area (Å²) in [6.45, 7) is 4.13. The summed E-state index contributed by atoms with van der Waals surface area (Å²) in [5.41, 5.74) is 0.769. The summed E-state index contributed by atoms with van der Waals surface area (Å²) in [4.78, 5) is 14.5. The Labute approximate surface area is 131 Å². The fourth-order valence-corrected chi connectivity index (χ4v) is 2.26. The molecule has 1 aliphatic heterocycles. The number of hydrogen-bond donors (Lipinski definition) is 0. The van der Waals surface area contributed by atoms with Crippen LogP contribution in [0.25, 0.3) is 0 Å². The van der Waals surface area contributed by atoms with Crippen LogP contribution >= 0.6 is 0 Å². The number of ether oxygens (including phenoxy) is 1. The molecule has 0 unspecified atom stereocenters. The van der Waals surface area contributed by atoms with E-state index in [0.29, 0.717) is 5.75 Å². The fourth-order valence-electron chi connectivity index (χ4n) is 2.26. The Bertz CT molecular complexity index is 590. The highest BCUT2D eigenvalue weighted by molar-refractivity contribution is 5.96. The largest absolute Gasteiger partial charge is 0.495 e. The van der Waals surface area contributed by atoms with Crippen LogP contribution < -0.4 is 9.64 Å². The molecule has 1 heterocycles. The van der Waals surface area contributed by atoms with Gasteiger partial charge in [-0.15, -0.1) is 0 Å². The number of rotatable bonds is 5. The number of amides is 1. The van der Waals surface area contributed by atoms with E-state index in [-0.39, 0.29) is 18.5 Å². The van der Waals surface area contributed by atoms with E-state index in [9.17, 15) is 4.79 Å². The zero-order chi connectivity index (χ0) is 15.9. The first-order chi connectivity index (χ1) is 10.6. The van der Waals surface area contributed by atoms with Crippen LogP contribution in [0.4, 0.5) is 5.69 Å². The minimum Gasteiger partial charge on any atom is -0.495 e. The Balaban J connectivity index is 2.22. The number of allylic oxidation sites excluding steroid dienone is 3. The summed E-state index contributed by atoms with van der Waals surface area (Å²) >= 11 is 0. The zero-order valence-electron chi connectivity index (χ0n) is 13.1. The molecule has 5 nitrogen and oxygen atoms in total. The molecular formula is C17H21N3O2. The van der Waals surface area contributed by atoms with Crippen molar-refractivity contribution in [3.8, 4) is 5.75 Å². The van der Waals surface area contributed by atoms with E-state index in [1.165, 1.54) is 0 Å². The van der Waals surface area contributed by atoms with Gasteiger partial charge >= 0.3 is 0 Å². The number of carbonyl (C=O) groups excluding carboxylic acids is 1. The third-order valence-corrected chi connectivity index (χ3v) is 3.21. The molecule has 0 atom stereocenters. The normalized spacial score (nSPS) is 13.4. The smallest absolute Gasteiger partial charge is 0.249 e. The molecule has 5 heteroatoms. The van der Waals surface area contributed by atoms with Crippen LogP contribution in [0.2, 0.25) is 0 Å². The van der Waals surface area contributed by atoms with Gasteiger partial charge in [0.1, 0.15) is 12.3 Å². The highest BCUT2D eigenvalue weighted by Crippen LogP contribution is 2.29. The van der Waals surface area contributed by atoms with Gasteiger partial charge in [-0.25, -0.2) is 0 Å². The average Bonchev–Trinajstić information content (AvgIpc) is 2.76. The Morgan fingerprint density at radius 2 is 2.05 bits per heavy atom. The van der Waals surface area contributed by atoms with Gasteiger partial charge in [0.05, 0.1) is 12.8 Å². The van der Waals surface area contributed by atoms with Gasteiger partial charge in [-0.1, -0.05) is 18.2 Å².